The Bertz CT molecular complexity index is 1290. The largest absolute Gasteiger partial charge is 0.453 e. The number of rotatable bonds is 3. The van der Waals surface area contributed by atoms with Crippen molar-refractivity contribution in [1.82, 2.24) is 5.01 Å². The Labute approximate surface area is 191 Å². The Morgan fingerprint density at radius 3 is 2.66 bits per heavy atom. The van der Waals surface area contributed by atoms with Gasteiger partial charge >= 0.3 is 5.72 Å². The molecule has 6 heteroatoms. The number of fused-ring (bicyclic) bond motifs is 6. The summed E-state index contributed by atoms with van der Waals surface area (Å²) in [6, 6.07) is 23.2. The minimum absolute atomic E-state index is 0.119. The third-order valence-electron chi connectivity index (χ3n) is 6.35. The van der Waals surface area contributed by atoms with Crippen molar-refractivity contribution < 1.29 is 9.53 Å². The van der Waals surface area contributed by atoms with Crippen molar-refractivity contribution in [2.75, 3.05) is 11.4 Å². The van der Waals surface area contributed by atoms with Crippen molar-refractivity contribution in [2.24, 2.45) is 5.10 Å². The molecule has 5 nitrogen and oxygen atoms in total. The average molecular weight is 442 g/mol. The van der Waals surface area contributed by atoms with Crippen LogP contribution in [0.25, 0.3) is 0 Å². The molecule has 158 valence electrons. The average Bonchev–Trinajstić information content (AvgIpc) is 3.36. The quantitative estimate of drug-likeness (QED) is 0.520. The van der Waals surface area contributed by atoms with Crippen LogP contribution in [0.15, 0.2) is 90.6 Å². The highest BCUT2D eigenvalue weighted by atomic mass is 35.5. The molecule has 0 saturated heterocycles. The fourth-order valence-electron chi connectivity index (χ4n) is 4.95. The number of nitrogens with zero attached hydrogens (tertiary/aromatic N) is 3. The van der Waals surface area contributed by atoms with Crippen molar-refractivity contribution in [3.05, 3.63) is 107 Å². The van der Waals surface area contributed by atoms with E-state index < -0.39 is 5.72 Å². The second kappa shape index (κ2) is 6.97. The van der Waals surface area contributed by atoms with Crippen LogP contribution in [-0.4, -0.2) is 23.2 Å². The lowest BCUT2D eigenvalue weighted by Gasteiger charge is -2.44. The summed E-state index contributed by atoms with van der Waals surface area (Å²) in [5.74, 6) is 0.559. The number of hydrogen-bond acceptors (Lipinski definition) is 4. The Hall–Kier alpha value is -3.57. The molecule has 0 fully saturated rings. The second-order valence-electron chi connectivity index (χ2n) is 8.12. The number of hydrazone groups is 1. The molecule has 3 heterocycles. The van der Waals surface area contributed by atoms with Gasteiger partial charge in [0.1, 0.15) is 5.75 Å². The molecule has 32 heavy (non-hydrogen) atoms. The zero-order valence-corrected chi connectivity index (χ0v) is 18.0. The summed E-state index contributed by atoms with van der Waals surface area (Å²) < 4.78 is 6.59. The summed E-state index contributed by atoms with van der Waals surface area (Å²) in [6.07, 6.45) is 2.40. The maximum absolute atomic E-state index is 14.0. The summed E-state index contributed by atoms with van der Waals surface area (Å²) in [6.45, 7) is 4.24. The van der Waals surface area contributed by atoms with Gasteiger partial charge in [0, 0.05) is 23.6 Å². The SMILES string of the molecule is C=CCN1C(=O)[C@]2(Oc3ccccc3[C@H]3CC(c4ccc(Cl)cc4)=NN32)c2ccccc21. The van der Waals surface area contributed by atoms with Gasteiger partial charge in [-0.1, -0.05) is 66.2 Å². The van der Waals surface area contributed by atoms with Gasteiger partial charge in [-0.2, -0.15) is 5.10 Å². The van der Waals surface area contributed by atoms with Crippen molar-refractivity contribution in [3.8, 4) is 5.75 Å². The molecule has 0 N–H and O–H groups in total. The van der Waals surface area contributed by atoms with E-state index in [0.29, 0.717) is 23.7 Å². The van der Waals surface area contributed by atoms with Crippen LogP contribution in [-0.2, 0) is 10.5 Å². The Morgan fingerprint density at radius 2 is 1.84 bits per heavy atom. The van der Waals surface area contributed by atoms with Gasteiger partial charge in [-0.25, -0.2) is 5.01 Å². The highest BCUT2D eigenvalue weighted by molar-refractivity contribution is 6.30. The number of anilines is 1. The third-order valence-corrected chi connectivity index (χ3v) is 6.60. The topological polar surface area (TPSA) is 45.1 Å². The van der Waals surface area contributed by atoms with Gasteiger partial charge in [0.05, 0.1) is 23.0 Å². The van der Waals surface area contributed by atoms with E-state index in [1.54, 1.807) is 11.0 Å². The third kappa shape index (κ3) is 2.52. The predicted octanol–water partition coefficient (Wildman–Crippen LogP) is 5.27. The van der Waals surface area contributed by atoms with Crippen LogP contribution >= 0.6 is 11.6 Å². The van der Waals surface area contributed by atoms with Crippen LogP contribution in [0.2, 0.25) is 5.02 Å². The Balaban J connectivity index is 1.57. The van der Waals surface area contributed by atoms with E-state index in [-0.39, 0.29) is 11.9 Å². The first-order valence-corrected chi connectivity index (χ1v) is 10.9. The Kier molecular flexibility index (Phi) is 4.17. The lowest BCUT2D eigenvalue weighted by molar-refractivity contribution is -0.163. The van der Waals surface area contributed by atoms with Gasteiger partial charge in [-0.05, 0) is 29.8 Å². The highest BCUT2D eigenvalue weighted by Gasteiger charge is 2.62. The number of halogens is 1. The second-order valence-corrected chi connectivity index (χ2v) is 8.56. The van der Waals surface area contributed by atoms with E-state index in [4.69, 9.17) is 21.4 Å². The molecule has 0 aliphatic carbocycles. The predicted molar refractivity (Wildman–Crippen MR) is 125 cm³/mol. The van der Waals surface area contributed by atoms with E-state index in [9.17, 15) is 4.79 Å². The zero-order chi connectivity index (χ0) is 21.9. The maximum Gasteiger partial charge on any atom is 0.306 e. The van der Waals surface area contributed by atoms with Crippen molar-refractivity contribution in [3.63, 3.8) is 0 Å². The monoisotopic (exact) mass is 441 g/mol. The minimum Gasteiger partial charge on any atom is -0.453 e. The van der Waals surface area contributed by atoms with Crippen LogP contribution in [0.1, 0.15) is 29.2 Å². The number of benzene rings is 3. The molecule has 1 spiro atoms. The minimum atomic E-state index is -1.35. The molecule has 2 atom stereocenters. The first-order chi connectivity index (χ1) is 15.6. The van der Waals surface area contributed by atoms with Gasteiger partial charge in [0.15, 0.2) is 0 Å². The standard InChI is InChI=1S/C26H20ClN3O2/c1-2-15-29-22-9-5-4-8-20(22)26(25(29)31)30-23(19-7-3-6-10-24(19)32-26)16-21(28-30)17-11-13-18(27)14-12-17/h2-14,23H,1,15-16H2/t23-,26-/m1/s1. The molecule has 0 saturated carbocycles. The molecule has 1 amide bonds. The summed E-state index contributed by atoms with van der Waals surface area (Å²) >= 11 is 6.10. The molecule has 3 aliphatic rings. The van der Waals surface area contributed by atoms with Crippen LogP contribution < -0.4 is 9.64 Å². The fourth-order valence-corrected chi connectivity index (χ4v) is 5.07. The van der Waals surface area contributed by atoms with Gasteiger partial charge in [-0.3, -0.25) is 4.79 Å². The first-order valence-electron chi connectivity index (χ1n) is 10.6. The lowest BCUT2D eigenvalue weighted by atomic mass is 9.92. The smallest absolute Gasteiger partial charge is 0.306 e. The highest BCUT2D eigenvalue weighted by Crippen LogP contribution is 2.55. The van der Waals surface area contributed by atoms with E-state index in [1.165, 1.54) is 0 Å². The van der Waals surface area contributed by atoms with Gasteiger partial charge in [0.2, 0.25) is 0 Å². The molecular weight excluding hydrogens is 422 g/mol. The molecular formula is C26H20ClN3O2. The molecule has 3 aromatic carbocycles. The van der Waals surface area contributed by atoms with Crippen LogP contribution in [0.3, 0.4) is 0 Å². The van der Waals surface area contributed by atoms with E-state index in [0.717, 1.165) is 28.1 Å². The van der Waals surface area contributed by atoms with Crippen LogP contribution in [0.4, 0.5) is 5.69 Å². The van der Waals surface area contributed by atoms with Crippen molar-refractivity contribution in [2.45, 2.75) is 18.2 Å². The summed E-state index contributed by atoms with van der Waals surface area (Å²) in [5.41, 5.74) is 3.18. The first kappa shape index (κ1) is 19.1. The summed E-state index contributed by atoms with van der Waals surface area (Å²) in [7, 11) is 0. The van der Waals surface area contributed by atoms with Crippen LogP contribution in [0.5, 0.6) is 5.75 Å². The molecule has 0 unspecified atom stereocenters. The van der Waals surface area contributed by atoms with Gasteiger partial charge in [0.25, 0.3) is 5.91 Å². The molecule has 3 aliphatic heterocycles. The van der Waals surface area contributed by atoms with Gasteiger partial charge in [-0.15, -0.1) is 6.58 Å². The number of amides is 1. The van der Waals surface area contributed by atoms with Gasteiger partial charge < -0.3 is 9.64 Å². The summed E-state index contributed by atoms with van der Waals surface area (Å²) in [5, 5.41) is 7.54. The van der Waals surface area contributed by atoms with Crippen molar-refractivity contribution in [1.29, 1.82) is 0 Å². The van der Waals surface area contributed by atoms with Crippen molar-refractivity contribution >= 4 is 28.9 Å². The van der Waals surface area contributed by atoms with E-state index >= 15 is 0 Å². The maximum atomic E-state index is 14.0. The molecule has 0 radical (unpaired) electrons. The van der Waals surface area contributed by atoms with E-state index in [2.05, 4.69) is 6.58 Å². The normalized spacial score (nSPS) is 22.8. The molecule has 3 aromatic rings. The Morgan fingerprint density at radius 1 is 1.09 bits per heavy atom. The molecule has 6 rings (SSSR count). The number of para-hydroxylation sites is 2. The molecule has 0 aromatic heterocycles. The number of ether oxygens (including phenoxy) is 1. The number of carbonyl (C=O) groups excluding carboxylic acids is 1. The zero-order valence-electron chi connectivity index (χ0n) is 17.2. The van der Waals surface area contributed by atoms with E-state index in [1.807, 2.05) is 77.8 Å². The number of carbonyl (C=O) groups is 1. The number of hydrogen-bond donors (Lipinski definition) is 0. The van der Waals surface area contributed by atoms with Crippen LogP contribution in [0, 0.1) is 0 Å². The lowest BCUT2D eigenvalue weighted by Crippen LogP contribution is -2.57. The molecule has 0 bridgehead atoms. The fraction of sp³-hybridized carbons (Fsp3) is 0.154. The summed E-state index contributed by atoms with van der Waals surface area (Å²) in [4.78, 5) is 15.7.